The molecule has 4 fully saturated rings. The fourth-order valence-corrected chi connectivity index (χ4v) is 6.12. The molecule has 1 nitrogen and oxygen atoms in total. The molecule has 0 heterocycles. The molecule has 0 aromatic carbocycles. The van der Waals surface area contributed by atoms with Gasteiger partial charge < -0.3 is 5.32 Å². The normalized spacial score (nSPS) is 54.0. The van der Waals surface area contributed by atoms with E-state index >= 15 is 0 Å². The van der Waals surface area contributed by atoms with Crippen LogP contribution in [0, 0.1) is 23.2 Å². The molecule has 4 bridgehead atoms. The van der Waals surface area contributed by atoms with Crippen molar-refractivity contribution in [1.82, 2.24) is 5.32 Å². The summed E-state index contributed by atoms with van der Waals surface area (Å²) in [6.45, 7) is 2.26. The van der Waals surface area contributed by atoms with Gasteiger partial charge in [-0.05, 0) is 63.8 Å². The molecule has 0 aliphatic heterocycles. The van der Waals surface area contributed by atoms with Gasteiger partial charge in [-0.2, -0.15) is 0 Å². The predicted molar refractivity (Wildman–Crippen MR) is 73.8 cm³/mol. The minimum absolute atomic E-state index is 0.209. The summed E-state index contributed by atoms with van der Waals surface area (Å²) in [6.07, 6.45) is 6.44. The first kappa shape index (κ1) is 12.6. The van der Waals surface area contributed by atoms with Gasteiger partial charge in [0.2, 0.25) is 0 Å². The lowest BCUT2D eigenvalue weighted by Gasteiger charge is -2.62. The summed E-state index contributed by atoms with van der Waals surface area (Å²) in [6, 6.07) is 0.522. The first-order valence-corrected chi connectivity index (χ1v) is 7.89. The van der Waals surface area contributed by atoms with Crippen molar-refractivity contribution in [1.29, 1.82) is 0 Å². The maximum absolute atomic E-state index is 6.81. The summed E-state index contributed by atoms with van der Waals surface area (Å²) in [5.74, 6) is 2.40. The monoisotopic (exact) mass is 275 g/mol. The minimum atomic E-state index is 0.209. The fraction of sp³-hybridized carbons (Fsp3) is 1.00. The van der Waals surface area contributed by atoms with Crippen molar-refractivity contribution in [3.05, 3.63) is 0 Å². The lowest BCUT2D eigenvalue weighted by Crippen LogP contribution is -2.61. The standard InChI is InChI=1S/C14H23Cl2N/c1-8(17-2)6-14-7-9-3-10(12(14)15)5-11(4-9)13(14)16/h8-13,17H,3-7H2,1-2H3. The van der Waals surface area contributed by atoms with Gasteiger partial charge in [-0.15, -0.1) is 23.2 Å². The number of hydrogen-bond donors (Lipinski definition) is 1. The zero-order valence-corrected chi connectivity index (χ0v) is 12.3. The van der Waals surface area contributed by atoms with E-state index in [4.69, 9.17) is 23.2 Å². The van der Waals surface area contributed by atoms with Crippen LogP contribution < -0.4 is 5.32 Å². The molecule has 4 aliphatic rings. The van der Waals surface area contributed by atoms with Gasteiger partial charge in [0.25, 0.3) is 0 Å². The second-order valence-corrected chi connectivity index (χ2v) is 7.67. The molecule has 0 saturated heterocycles. The molecule has 98 valence electrons. The average Bonchev–Trinajstić information content (AvgIpc) is 2.32. The third-order valence-corrected chi connectivity index (χ3v) is 7.23. The summed E-state index contributed by atoms with van der Waals surface area (Å²) in [7, 11) is 2.04. The Balaban J connectivity index is 1.89. The van der Waals surface area contributed by atoms with Crippen molar-refractivity contribution in [2.24, 2.45) is 23.2 Å². The smallest absolute Gasteiger partial charge is 0.0435 e. The van der Waals surface area contributed by atoms with Crippen molar-refractivity contribution in [2.45, 2.75) is 55.8 Å². The largest absolute Gasteiger partial charge is 0.317 e. The Bertz CT molecular complexity index is 289. The Hall–Kier alpha value is 0.540. The Morgan fingerprint density at radius 1 is 1.18 bits per heavy atom. The molecule has 4 aliphatic carbocycles. The van der Waals surface area contributed by atoms with Crippen LogP contribution in [-0.2, 0) is 0 Å². The highest BCUT2D eigenvalue weighted by Crippen LogP contribution is 2.64. The van der Waals surface area contributed by atoms with Crippen molar-refractivity contribution in [3.8, 4) is 0 Å². The van der Waals surface area contributed by atoms with E-state index in [1.54, 1.807) is 0 Å². The van der Waals surface area contributed by atoms with Crippen LogP contribution in [0.15, 0.2) is 0 Å². The maximum Gasteiger partial charge on any atom is 0.0435 e. The lowest BCUT2D eigenvalue weighted by atomic mass is 9.48. The van der Waals surface area contributed by atoms with Crippen LogP contribution in [0.2, 0.25) is 0 Å². The van der Waals surface area contributed by atoms with Gasteiger partial charge in [-0.1, -0.05) is 0 Å². The number of hydrogen-bond acceptors (Lipinski definition) is 1. The highest BCUT2D eigenvalue weighted by Gasteiger charge is 2.61. The van der Waals surface area contributed by atoms with E-state index in [2.05, 4.69) is 12.2 Å². The Labute approximate surface area is 115 Å². The first-order chi connectivity index (χ1) is 8.06. The van der Waals surface area contributed by atoms with E-state index in [1.165, 1.54) is 25.7 Å². The molecule has 4 saturated carbocycles. The minimum Gasteiger partial charge on any atom is -0.317 e. The van der Waals surface area contributed by atoms with Gasteiger partial charge in [0, 0.05) is 22.2 Å². The van der Waals surface area contributed by atoms with E-state index in [1.807, 2.05) is 7.05 Å². The van der Waals surface area contributed by atoms with Gasteiger partial charge in [0.15, 0.2) is 0 Å². The quantitative estimate of drug-likeness (QED) is 0.776. The predicted octanol–water partition coefficient (Wildman–Crippen LogP) is 3.64. The molecule has 17 heavy (non-hydrogen) atoms. The van der Waals surface area contributed by atoms with Crippen molar-refractivity contribution in [2.75, 3.05) is 7.05 Å². The lowest BCUT2D eigenvalue weighted by molar-refractivity contribution is -0.0509. The number of nitrogens with one attached hydrogen (secondary N) is 1. The summed E-state index contributed by atoms with van der Waals surface area (Å²) < 4.78 is 0. The summed E-state index contributed by atoms with van der Waals surface area (Å²) in [5.41, 5.74) is 0.209. The Morgan fingerprint density at radius 3 is 2.29 bits per heavy atom. The van der Waals surface area contributed by atoms with Gasteiger partial charge >= 0.3 is 0 Å². The van der Waals surface area contributed by atoms with Crippen molar-refractivity contribution >= 4 is 23.2 Å². The van der Waals surface area contributed by atoms with Crippen LogP contribution in [0.4, 0.5) is 0 Å². The highest BCUT2D eigenvalue weighted by molar-refractivity contribution is 6.25. The van der Waals surface area contributed by atoms with Gasteiger partial charge in [-0.3, -0.25) is 0 Å². The fourth-order valence-electron chi connectivity index (χ4n) is 5.01. The second-order valence-electron chi connectivity index (χ2n) is 6.73. The van der Waals surface area contributed by atoms with Gasteiger partial charge in [0.1, 0.15) is 0 Å². The van der Waals surface area contributed by atoms with E-state index in [0.717, 1.165) is 24.2 Å². The first-order valence-electron chi connectivity index (χ1n) is 7.02. The molecule has 0 spiro atoms. The molecule has 0 aromatic heterocycles. The van der Waals surface area contributed by atoms with Crippen LogP contribution in [0.25, 0.3) is 0 Å². The SMILES string of the molecule is CNC(C)CC12CC3CC(CC(C3)C1Cl)C2Cl. The molecular formula is C14H23Cl2N. The van der Waals surface area contributed by atoms with Gasteiger partial charge in [-0.25, -0.2) is 0 Å². The summed E-state index contributed by atoms with van der Waals surface area (Å²) in [5, 5.41) is 3.99. The van der Waals surface area contributed by atoms with Crippen LogP contribution in [0.3, 0.4) is 0 Å². The van der Waals surface area contributed by atoms with E-state index < -0.39 is 0 Å². The third-order valence-electron chi connectivity index (χ3n) is 5.65. The Kier molecular flexibility index (Phi) is 3.17. The van der Waals surface area contributed by atoms with Crippen LogP contribution in [0.1, 0.15) is 39.0 Å². The van der Waals surface area contributed by atoms with Crippen LogP contribution in [0.5, 0.6) is 0 Å². The van der Waals surface area contributed by atoms with E-state index in [0.29, 0.717) is 16.8 Å². The molecule has 3 heteroatoms. The highest BCUT2D eigenvalue weighted by atomic mass is 35.5. The molecular weight excluding hydrogens is 253 g/mol. The van der Waals surface area contributed by atoms with E-state index in [9.17, 15) is 0 Å². The zero-order chi connectivity index (χ0) is 12.2. The molecule has 0 aromatic rings. The molecule has 5 atom stereocenters. The Morgan fingerprint density at radius 2 is 1.76 bits per heavy atom. The average molecular weight is 276 g/mol. The number of alkyl halides is 2. The van der Waals surface area contributed by atoms with E-state index in [-0.39, 0.29) is 5.41 Å². The summed E-state index contributed by atoms with van der Waals surface area (Å²) >= 11 is 13.6. The number of rotatable bonds is 3. The zero-order valence-electron chi connectivity index (χ0n) is 10.8. The van der Waals surface area contributed by atoms with Crippen LogP contribution >= 0.6 is 23.2 Å². The summed E-state index contributed by atoms with van der Waals surface area (Å²) in [4.78, 5) is 0. The molecule has 4 rings (SSSR count). The molecule has 5 unspecified atom stereocenters. The molecule has 1 N–H and O–H groups in total. The van der Waals surface area contributed by atoms with Crippen molar-refractivity contribution in [3.63, 3.8) is 0 Å². The van der Waals surface area contributed by atoms with Crippen LogP contribution in [-0.4, -0.2) is 23.8 Å². The second kappa shape index (κ2) is 4.28. The molecule has 0 amide bonds. The maximum atomic E-state index is 6.81. The van der Waals surface area contributed by atoms with Crippen molar-refractivity contribution < 1.29 is 0 Å². The van der Waals surface area contributed by atoms with Gasteiger partial charge in [0.05, 0.1) is 0 Å². The third kappa shape index (κ3) is 1.76. The topological polar surface area (TPSA) is 12.0 Å². The number of halogens is 2. The molecule has 0 radical (unpaired) electrons.